The van der Waals surface area contributed by atoms with Gasteiger partial charge in [0.1, 0.15) is 0 Å². The molecule has 0 aliphatic heterocycles. The van der Waals surface area contributed by atoms with Gasteiger partial charge in [0.2, 0.25) is 0 Å². The van der Waals surface area contributed by atoms with Crippen LogP contribution in [0.25, 0.3) is 11.3 Å². The fourth-order valence-corrected chi connectivity index (χ4v) is 2.15. The second-order valence-electron chi connectivity index (χ2n) is 3.60. The third-order valence-corrected chi connectivity index (χ3v) is 3.14. The average Bonchev–Trinajstić information content (AvgIpc) is 2.85. The van der Waals surface area contributed by atoms with Crippen LogP contribution >= 0.6 is 11.3 Å². The quantitative estimate of drug-likeness (QED) is 0.867. The molecule has 6 nitrogen and oxygen atoms in total. The van der Waals surface area contributed by atoms with Crippen molar-refractivity contribution in [2.24, 2.45) is 5.11 Å². The predicted molar refractivity (Wildman–Crippen MR) is 70.0 cm³/mol. The van der Waals surface area contributed by atoms with Crippen molar-refractivity contribution in [1.29, 1.82) is 5.53 Å². The van der Waals surface area contributed by atoms with Crippen molar-refractivity contribution < 1.29 is 14.3 Å². The maximum Gasteiger partial charge on any atom is 0.457 e. The number of methoxy groups -OCH3 is 1. The van der Waals surface area contributed by atoms with Crippen molar-refractivity contribution in [3.63, 3.8) is 0 Å². The number of nitrogens with zero attached hydrogens (tertiary/aromatic N) is 2. The molecule has 1 heterocycles. The molecule has 1 N–H and O–H groups in total. The van der Waals surface area contributed by atoms with Gasteiger partial charge in [-0.05, 0) is 25.1 Å². The zero-order valence-electron chi connectivity index (χ0n) is 10.3. The minimum Gasteiger partial charge on any atom is -0.493 e. The van der Waals surface area contributed by atoms with Gasteiger partial charge in [-0.2, -0.15) is 5.53 Å². The van der Waals surface area contributed by atoms with E-state index in [1.807, 2.05) is 18.4 Å². The van der Waals surface area contributed by atoms with E-state index in [9.17, 15) is 4.79 Å². The van der Waals surface area contributed by atoms with Crippen LogP contribution < -0.4 is 9.47 Å². The number of nitrogens with one attached hydrogen (secondary N) is 1. The Hall–Kier alpha value is -2.28. The summed E-state index contributed by atoms with van der Waals surface area (Å²) in [6.07, 6.45) is -0.995. The molecule has 98 valence electrons. The van der Waals surface area contributed by atoms with Crippen LogP contribution in [-0.4, -0.2) is 18.2 Å². The highest BCUT2D eigenvalue weighted by Gasteiger charge is 2.12. The molecule has 0 spiro atoms. The molecular formula is C12H11N3O3S. The van der Waals surface area contributed by atoms with Crippen molar-refractivity contribution >= 4 is 17.4 Å². The molecule has 0 bridgehead atoms. The molecule has 0 aliphatic carbocycles. The molecule has 0 saturated heterocycles. The lowest BCUT2D eigenvalue weighted by molar-refractivity contribution is 0.206. The topological polar surface area (TPSA) is 84.6 Å². The number of ether oxygens (including phenoxy) is 2. The summed E-state index contributed by atoms with van der Waals surface area (Å²) < 4.78 is 10.0. The Morgan fingerprint density at radius 1 is 1.42 bits per heavy atom. The molecule has 0 unspecified atom stereocenters. The van der Waals surface area contributed by atoms with Crippen molar-refractivity contribution in [1.82, 2.24) is 4.98 Å². The SMILES string of the molecule is COc1ccc(-c2csc(C)n2)cc1OC(=O)N=N. The van der Waals surface area contributed by atoms with E-state index in [0.717, 1.165) is 16.3 Å². The summed E-state index contributed by atoms with van der Waals surface area (Å²) in [5.74, 6) is 0.611. The first kappa shape index (κ1) is 13.2. The predicted octanol–water partition coefficient (Wildman–Crippen LogP) is 3.66. The van der Waals surface area contributed by atoms with E-state index in [4.69, 9.17) is 15.0 Å². The van der Waals surface area contributed by atoms with Gasteiger partial charge >= 0.3 is 6.09 Å². The normalized spacial score (nSPS) is 10.0. The van der Waals surface area contributed by atoms with Crippen LogP contribution in [0.15, 0.2) is 28.7 Å². The average molecular weight is 277 g/mol. The minimum atomic E-state index is -0.995. The first-order valence-electron chi connectivity index (χ1n) is 5.34. The Bertz CT molecular complexity index is 624. The highest BCUT2D eigenvalue weighted by molar-refractivity contribution is 7.09. The smallest absolute Gasteiger partial charge is 0.457 e. The fourth-order valence-electron chi connectivity index (χ4n) is 1.53. The highest BCUT2D eigenvalue weighted by Crippen LogP contribution is 2.33. The number of thiazole rings is 1. The summed E-state index contributed by atoms with van der Waals surface area (Å²) >= 11 is 1.53. The summed E-state index contributed by atoms with van der Waals surface area (Å²) in [6.45, 7) is 1.91. The summed E-state index contributed by atoms with van der Waals surface area (Å²) in [6, 6.07) is 5.13. The molecule has 19 heavy (non-hydrogen) atoms. The maximum atomic E-state index is 11.1. The van der Waals surface area contributed by atoms with Gasteiger partial charge in [-0.15, -0.1) is 11.3 Å². The van der Waals surface area contributed by atoms with E-state index >= 15 is 0 Å². The van der Waals surface area contributed by atoms with Crippen molar-refractivity contribution in [2.45, 2.75) is 6.92 Å². The number of carbonyl (C=O) groups excluding carboxylic acids is 1. The van der Waals surface area contributed by atoms with Crippen LogP contribution in [-0.2, 0) is 0 Å². The lowest BCUT2D eigenvalue weighted by atomic mass is 10.1. The van der Waals surface area contributed by atoms with Gasteiger partial charge in [0.15, 0.2) is 11.5 Å². The van der Waals surface area contributed by atoms with Crippen molar-refractivity contribution in [2.75, 3.05) is 7.11 Å². The largest absolute Gasteiger partial charge is 0.493 e. The number of aryl methyl sites for hydroxylation is 1. The molecule has 1 aromatic carbocycles. The van der Waals surface area contributed by atoms with Crippen LogP contribution in [0.3, 0.4) is 0 Å². The number of hydrogen-bond acceptors (Lipinski definition) is 6. The molecule has 0 fully saturated rings. The number of carbonyl (C=O) groups is 1. The van der Waals surface area contributed by atoms with Gasteiger partial charge < -0.3 is 9.47 Å². The third-order valence-electron chi connectivity index (χ3n) is 2.37. The second-order valence-corrected chi connectivity index (χ2v) is 4.66. The monoisotopic (exact) mass is 277 g/mol. The Kier molecular flexibility index (Phi) is 3.86. The first-order valence-corrected chi connectivity index (χ1v) is 6.22. The van der Waals surface area contributed by atoms with Gasteiger partial charge in [-0.25, -0.2) is 9.78 Å². The molecule has 2 rings (SSSR count). The van der Waals surface area contributed by atoms with E-state index in [0.29, 0.717) is 5.75 Å². The van der Waals surface area contributed by atoms with Crippen LogP contribution in [0.1, 0.15) is 5.01 Å². The number of hydrogen-bond donors (Lipinski definition) is 1. The summed E-state index contributed by atoms with van der Waals surface area (Å²) in [5, 5.41) is 5.55. The lowest BCUT2D eigenvalue weighted by Gasteiger charge is -2.08. The van der Waals surface area contributed by atoms with E-state index in [1.165, 1.54) is 18.4 Å². The maximum absolute atomic E-state index is 11.1. The number of aromatic nitrogens is 1. The van der Waals surface area contributed by atoms with E-state index in [1.54, 1.807) is 12.1 Å². The van der Waals surface area contributed by atoms with E-state index in [-0.39, 0.29) is 5.75 Å². The fraction of sp³-hybridized carbons (Fsp3) is 0.167. The molecule has 0 aliphatic rings. The molecule has 2 aromatic rings. The second kappa shape index (κ2) is 5.57. The molecule has 7 heteroatoms. The summed E-state index contributed by atoms with van der Waals surface area (Å²) in [4.78, 5) is 15.4. The van der Waals surface area contributed by atoms with Gasteiger partial charge in [0.25, 0.3) is 0 Å². The summed E-state index contributed by atoms with van der Waals surface area (Å²) in [5.41, 5.74) is 8.21. The van der Waals surface area contributed by atoms with Crippen LogP contribution in [0.5, 0.6) is 11.5 Å². The Labute approximate surface area is 113 Å². The van der Waals surface area contributed by atoms with E-state index < -0.39 is 6.09 Å². The molecule has 1 amide bonds. The first-order chi connectivity index (χ1) is 9.13. The third kappa shape index (κ3) is 2.94. The van der Waals surface area contributed by atoms with Gasteiger partial charge in [-0.1, -0.05) is 5.11 Å². The minimum absolute atomic E-state index is 0.214. The Morgan fingerprint density at radius 2 is 2.21 bits per heavy atom. The molecule has 0 radical (unpaired) electrons. The number of rotatable bonds is 3. The molecular weight excluding hydrogens is 266 g/mol. The molecule has 1 aromatic heterocycles. The Morgan fingerprint density at radius 3 is 2.79 bits per heavy atom. The molecule has 0 saturated carbocycles. The van der Waals surface area contributed by atoms with Gasteiger partial charge in [0, 0.05) is 10.9 Å². The Balaban J connectivity index is 2.40. The van der Waals surface area contributed by atoms with Gasteiger partial charge in [0.05, 0.1) is 17.8 Å². The summed E-state index contributed by atoms with van der Waals surface area (Å²) in [7, 11) is 1.47. The van der Waals surface area contributed by atoms with E-state index in [2.05, 4.69) is 10.1 Å². The lowest BCUT2D eigenvalue weighted by Crippen LogP contribution is -2.02. The van der Waals surface area contributed by atoms with Gasteiger partial charge in [-0.3, -0.25) is 0 Å². The highest BCUT2D eigenvalue weighted by atomic mass is 32.1. The van der Waals surface area contributed by atoms with Crippen LogP contribution in [0.2, 0.25) is 0 Å². The molecule has 0 atom stereocenters. The zero-order valence-corrected chi connectivity index (χ0v) is 11.2. The van der Waals surface area contributed by atoms with Crippen LogP contribution in [0.4, 0.5) is 4.79 Å². The number of amides is 1. The van der Waals surface area contributed by atoms with Crippen molar-refractivity contribution in [3.05, 3.63) is 28.6 Å². The van der Waals surface area contributed by atoms with Crippen molar-refractivity contribution in [3.8, 4) is 22.8 Å². The number of benzene rings is 1. The van der Waals surface area contributed by atoms with Crippen LogP contribution in [0, 0.1) is 12.5 Å². The zero-order chi connectivity index (χ0) is 13.8. The standard InChI is InChI=1S/C12H11N3O3S/c1-7-14-9(6-19-7)8-3-4-10(17-2)11(5-8)18-12(16)15-13/h3-6,13H,1-2H3.